The summed E-state index contributed by atoms with van der Waals surface area (Å²) in [6.07, 6.45) is 9.77. The van der Waals surface area contributed by atoms with Crippen LogP contribution in [0.3, 0.4) is 0 Å². The van der Waals surface area contributed by atoms with Crippen molar-refractivity contribution >= 4 is 18.1 Å². The summed E-state index contributed by atoms with van der Waals surface area (Å²) in [5.41, 5.74) is 0. The maximum Gasteiger partial charge on any atom is 0.243 e. The maximum absolute atomic E-state index is 12.5. The molecule has 0 spiro atoms. The number of hydrogen-bond donors (Lipinski definition) is 2. The predicted molar refractivity (Wildman–Crippen MR) is 102 cm³/mol. The van der Waals surface area contributed by atoms with Crippen molar-refractivity contribution in [1.29, 1.82) is 0 Å². The molecule has 2 N–H and O–H groups in total. The molecule has 0 aliphatic rings. The fourth-order valence-electron chi connectivity index (χ4n) is 2.74. The molecule has 5 heteroatoms. The van der Waals surface area contributed by atoms with Gasteiger partial charge in [0.2, 0.25) is 11.8 Å². The highest BCUT2D eigenvalue weighted by molar-refractivity contribution is 5.89. The van der Waals surface area contributed by atoms with Crippen LogP contribution in [0.2, 0.25) is 0 Å². The molecule has 0 aromatic heterocycles. The molecule has 0 unspecified atom stereocenters. The molecular weight excluding hydrogens is 316 g/mol. The van der Waals surface area contributed by atoms with Crippen molar-refractivity contribution in [2.75, 3.05) is 0 Å². The quantitative estimate of drug-likeness (QED) is 0.347. The molecule has 5 nitrogen and oxygen atoms in total. The van der Waals surface area contributed by atoms with E-state index in [0.717, 1.165) is 38.4 Å². The minimum absolute atomic E-state index is 0.0755. The molecule has 146 valence electrons. The summed E-state index contributed by atoms with van der Waals surface area (Å²) in [6.45, 7) is 8.25. The molecule has 0 aromatic carbocycles. The number of unbranched alkanes of at least 4 members (excludes halogenated alkanes) is 5. The molecule has 0 aliphatic carbocycles. The smallest absolute Gasteiger partial charge is 0.243 e. The lowest BCUT2D eigenvalue weighted by Gasteiger charge is -2.22. The van der Waals surface area contributed by atoms with Crippen LogP contribution < -0.4 is 10.6 Å². The van der Waals surface area contributed by atoms with Crippen molar-refractivity contribution in [3.05, 3.63) is 0 Å². The summed E-state index contributed by atoms with van der Waals surface area (Å²) in [4.78, 5) is 35.8. The van der Waals surface area contributed by atoms with Crippen LogP contribution >= 0.6 is 0 Å². The van der Waals surface area contributed by atoms with Crippen LogP contribution in [-0.4, -0.2) is 30.2 Å². The second kappa shape index (κ2) is 14.9. The number of carbonyl (C=O) groups excluding carboxylic acids is 3. The van der Waals surface area contributed by atoms with Gasteiger partial charge >= 0.3 is 0 Å². The van der Waals surface area contributed by atoms with Crippen LogP contribution in [0, 0.1) is 5.92 Å². The molecule has 0 fully saturated rings. The summed E-state index contributed by atoms with van der Waals surface area (Å²) in [5.74, 6) is -0.0410. The minimum Gasteiger partial charge on any atom is -0.345 e. The van der Waals surface area contributed by atoms with Crippen molar-refractivity contribution in [3.8, 4) is 0 Å². The van der Waals surface area contributed by atoms with Gasteiger partial charge in [0.05, 0.1) is 6.04 Å². The Bertz CT molecular complexity index is 383. The predicted octanol–water partition coefficient (Wildman–Crippen LogP) is 3.75. The Labute approximate surface area is 153 Å². The molecule has 0 aromatic rings. The Morgan fingerprint density at radius 3 is 2.12 bits per heavy atom. The first-order valence-electron chi connectivity index (χ1n) is 9.99. The second-order valence-electron chi connectivity index (χ2n) is 7.31. The second-order valence-corrected chi connectivity index (χ2v) is 7.31. The Balaban J connectivity index is 4.48. The summed E-state index contributed by atoms with van der Waals surface area (Å²) < 4.78 is 0. The molecule has 0 radical (unpaired) electrons. The Kier molecular flexibility index (Phi) is 14.1. The highest BCUT2D eigenvalue weighted by Gasteiger charge is 2.23. The van der Waals surface area contributed by atoms with E-state index in [1.807, 2.05) is 20.8 Å². The molecular formula is C20H38N2O3. The van der Waals surface area contributed by atoms with Crippen LogP contribution in [0.1, 0.15) is 91.9 Å². The third-order valence-corrected chi connectivity index (χ3v) is 4.23. The first-order valence-corrected chi connectivity index (χ1v) is 9.99. The number of carbonyl (C=O) groups is 3. The molecule has 0 rings (SSSR count). The van der Waals surface area contributed by atoms with E-state index in [1.54, 1.807) is 0 Å². The summed E-state index contributed by atoms with van der Waals surface area (Å²) in [6, 6.07) is -1.03. The molecule has 2 atom stereocenters. The zero-order valence-electron chi connectivity index (χ0n) is 16.6. The van der Waals surface area contributed by atoms with Crippen molar-refractivity contribution in [2.45, 2.75) is 104 Å². The fourth-order valence-corrected chi connectivity index (χ4v) is 2.74. The van der Waals surface area contributed by atoms with Crippen molar-refractivity contribution in [1.82, 2.24) is 10.6 Å². The molecule has 0 aliphatic heterocycles. The van der Waals surface area contributed by atoms with Gasteiger partial charge in [-0.25, -0.2) is 0 Å². The van der Waals surface area contributed by atoms with Crippen LogP contribution in [0.5, 0.6) is 0 Å². The number of rotatable bonds is 15. The number of amides is 2. The van der Waals surface area contributed by atoms with E-state index in [2.05, 4.69) is 17.6 Å². The van der Waals surface area contributed by atoms with Crippen LogP contribution in [0.15, 0.2) is 0 Å². The molecule has 0 saturated carbocycles. The van der Waals surface area contributed by atoms with Gasteiger partial charge in [0.1, 0.15) is 12.3 Å². The molecule has 0 bridgehead atoms. The van der Waals surface area contributed by atoms with Gasteiger partial charge in [-0.15, -0.1) is 0 Å². The Morgan fingerprint density at radius 1 is 0.920 bits per heavy atom. The number of aldehydes is 1. The van der Waals surface area contributed by atoms with Gasteiger partial charge in [-0.05, 0) is 25.2 Å². The van der Waals surface area contributed by atoms with Gasteiger partial charge in [-0.2, -0.15) is 0 Å². The largest absolute Gasteiger partial charge is 0.345 e. The van der Waals surface area contributed by atoms with Crippen molar-refractivity contribution in [2.24, 2.45) is 5.92 Å². The van der Waals surface area contributed by atoms with Gasteiger partial charge in [0.25, 0.3) is 0 Å². The van der Waals surface area contributed by atoms with Gasteiger partial charge in [0.15, 0.2) is 0 Å². The molecule has 0 saturated heterocycles. The molecule has 0 heterocycles. The van der Waals surface area contributed by atoms with Crippen LogP contribution in [-0.2, 0) is 14.4 Å². The van der Waals surface area contributed by atoms with Crippen molar-refractivity contribution < 1.29 is 14.4 Å². The van der Waals surface area contributed by atoms with Gasteiger partial charge in [0, 0.05) is 6.42 Å². The summed E-state index contributed by atoms with van der Waals surface area (Å²) >= 11 is 0. The van der Waals surface area contributed by atoms with E-state index in [9.17, 15) is 14.4 Å². The molecule has 25 heavy (non-hydrogen) atoms. The van der Waals surface area contributed by atoms with E-state index in [4.69, 9.17) is 0 Å². The zero-order chi connectivity index (χ0) is 19.1. The van der Waals surface area contributed by atoms with Crippen LogP contribution in [0.4, 0.5) is 0 Å². The molecule has 2 amide bonds. The van der Waals surface area contributed by atoms with Gasteiger partial charge in [-0.1, -0.05) is 66.2 Å². The summed E-state index contributed by atoms with van der Waals surface area (Å²) in [5, 5.41) is 5.63. The summed E-state index contributed by atoms with van der Waals surface area (Å²) in [7, 11) is 0. The lowest BCUT2D eigenvalue weighted by atomic mass is 10.0. The van der Waals surface area contributed by atoms with Crippen LogP contribution in [0.25, 0.3) is 0 Å². The van der Waals surface area contributed by atoms with E-state index in [1.165, 1.54) is 12.8 Å². The Hall–Kier alpha value is -1.39. The average molecular weight is 355 g/mol. The Morgan fingerprint density at radius 2 is 1.56 bits per heavy atom. The standard InChI is InChI=1S/C20H38N2O3/c1-5-7-9-10-11-13-19(24)22-18(14-16(3)4)20(25)21-17(15-23)12-8-6-2/h15-18H,5-14H2,1-4H3,(H,21,25)(H,22,24)/t17-,18-/m0/s1. The van der Waals surface area contributed by atoms with E-state index < -0.39 is 12.1 Å². The third kappa shape index (κ3) is 12.6. The lowest BCUT2D eigenvalue weighted by molar-refractivity contribution is -0.130. The SMILES string of the molecule is CCCCCCCC(=O)N[C@@H](CC(C)C)C(=O)N[C@H](C=O)CCCC. The van der Waals surface area contributed by atoms with Gasteiger partial charge < -0.3 is 15.4 Å². The topological polar surface area (TPSA) is 75.3 Å². The monoisotopic (exact) mass is 354 g/mol. The highest BCUT2D eigenvalue weighted by atomic mass is 16.2. The van der Waals surface area contributed by atoms with E-state index >= 15 is 0 Å². The third-order valence-electron chi connectivity index (χ3n) is 4.23. The highest BCUT2D eigenvalue weighted by Crippen LogP contribution is 2.09. The first-order chi connectivity index (χ1) is 11.9. The maximum atomic E-state index is 12.5. The number of nitrogens with one attached hydrogen (secondary N) is 2. The number of hydrogen-bond acceptors (Lipinski definition) is 3. The zero-order valence-corrected chi connectivity index (χ0v) is 16.6. The van der Waals surface area contributed by atoms with Crippen molar-refractivity contribution in [3.63, 3.8) is 0 Å². The lowest BCUT2D eigenvalue weighted by Crippen LogP contribution is -2.50. The van der Waals surface area contributed by atoms with Gasteiger partial charge in [-0.3, -0.25) is 9.59 Å². The fraction of sp³-hybridized carbons (Fsp3) is 0.850. The average Bonchev–Trinajstić information content (AvgIpc) is 2.57. The minimum atomic E-state index is -0.563. The van der Waals surface area contributed by atoms with E-state index in [0.29, 0.717) is 19.3 Å². The first kappa shape index (κ1) is 23.6. The van der Waals surface area contributed by atoms with E-state index in [-0.39, 0.29) is 17.7 Å². The normalized spacial score (nSPS) is 13.3.